The molecule has 0 radical (unpaired) electrons. The fraction of sp³-hybridized carbons (Fsp3) is 0.333. The molecule has 9 N–H and O–H groups in total. The van der Waals surface area contributed by atoms with Gasteiger partial charge in [-0.2, -0.15) is 0 Å². The van der Waals surface area contributed by atoms with E-state index >= 15 is 0 Å². The van der Waals surface area contributed by atoms with Gasteiger partial charge in [-0.15, -0.1) is 0 Å². The van der Waals surface area contributed by atoms with Crippen LogP contribution in [0, 0.1) is 6.92 Å². The van der Waals surface area contributed by atoms with Crippen LogP contribution in [-0.4, -0.2) is 44.4 Å². The Labute approximate surface area is 113 Å². The maximum absolute atomic E-state index is 8.88. The monoisotopic (exact) mass is 335 g/mol. The zero-order valence-corrected chi connectivity index (χ0v) is 11.9. The highest BCUT2D eigenvalue weighted by atomic mass is 31.2. The molecule has 12 nitrogen and oxygen atoms in total. The van der Waals surface area contributed by atoms with Crippen LogP contribution in [0.3, 0.4) is 0 Å². The van der Waals surface area contributed by atoms with Crippen LogP contribution < -0.4 is 5.73 Å². The predicted octanol–water partition coefficient (Wildman–Crippen LogP) is -2.00. The highest BCUT2D eigenvalue weighted by Gasteiger charge is 2.00. The minimum absolute atomic E-state index is 0.105. The number of hydrogen-bond donors (Lipinski definition) is 8. The standard InChI is InChI=1S/C6H9N3O.2H3O4P/c1-4-8-2-5(3-10)6(7)9-4;2*1-5(2,3)4/h2,10H,3H2,1H3,(H2,7,8,9);2*(H3,1,2,3,4). The summed E-state index contributed by atoms with van der Waals surface area (Å²) in [6.07, 6.45) is 1.53. The maximum atomic E-state index is 8.88. The number of aliphatic hydroxyl groups is 1. The van der Waals surface area contributed by atoms with E-state index in [1.54, 1.807) is 6.92 Å². The Kier molecular flexibility index (Phi) is 9.70. The van der Waals surface area contributed by atoms with Gasteiger partial charge >= 0.3 is 15.6 Å². The largest absolute Gasteiger partial charge is 0.466 e. The molecule has 14 heteroatoms. The number of nitrogens with zero attached hydrogens (tertiary/aromatic N) is 2. The first-order valence-electron chi connectivity index (χ1n) is 4.49. The van der Waals surface area contributed by atoms with E-state index in [4.69, 9.17) is 49.3 Å². The quantitative estimate of drug-likeness (QED) is 0.261. The van der Waals surface area contributed by atoms with Gasteiger partial charge in [0.15, 0.2) is 0 Å². The lowest BCUT2D eigenvalue weighted by molar-refractivity contribution is 0.272. The van der Waals surface area contributed by atoms with Gasteiger partial charge in [-0.3, -0.25) is 0 Å². The van der Waals surface area contributed by atoms with Crippen LogP contribution in [0.15, 0.2) is 6.20 Å². The van der Waals surface area contributed by atoms with Crippen molar-refractivity contribution >= 4 is 21.5 Å². The predicted molar refractivity (Wildman–Crippen MR) is 65.6 cm³/mol. The maximum Gasteiger partial charge on any atom is 0.466 e. The molecule has 118 valence electrons. The third-order valence-corrected chi connectivity index (χ3v) is 1.19. The number of nitrogen functional groups attached to an aromatic ring is 1. The van der Waals surface area contributed by atoms with Crippen LogP contribution in [-0.2, 0) is 15.7 Å². The van der Waals surface area contributed by atoms with Crippen molar-refractivity contribution < 1.29 is 43.6 Å². The molecule has 0 fully saturated rings. The average Bonchev–Trinajstić information content (AvgIpc) is 2.12. The summed E-state index contributed by atoms with van der Waals surface area (Å²) in [5.41, 5.74) is 6.00. The van der Waals surface area contributed by atoms with Gasteiger partial charge in [-0.1, -0.05) is 0 Å². The van der Waals surface area contributed by atoms with Crippen LogP contribution in [0.25, 0.3) is 0 Å². The summed E-state index contributed by atoms with van der Waals surface area (Å²) in [7, 11) is -9.28. The van der Waals surface area contributed by atoms with Gasteiger partial charge in [-0.25, -0.2) is 19.1 Å². The Hall–Kier alpha value is -0.940. The number of phosphoric acid groups is 2. The zero-order chi connectivity index (χ0) is 16.6. The Morgan fingerprint density at radius 2 is 1.45 bits per heavy atom. The van der Waals surface area contributed by atoms with Crippen molar-refractivity contribution in [1.82, 2.24) is 9.97 Å². The van der Waals surface area contributed by atoms with E-state index in [1.165, 1.54) is 6.20 Å². The summed E-state index contributed by atoms with van der Waals surface area (Å²) in [5.74, 6) is 0.977. The Morgan fingerprint density at radius 1 is 1.10 bits per heavy atom. The number of aromatic nitrogens is 2. The average molecular weight is 335 g/mol. The highest BCUT2D eigenvalue weighted by Crippen LogP contribution is 2.26. The highest BCUT2D eigenvalue weighted by molar-refractivity contribution is 7.45. The van der Waals surface area contributed by atoms with E-state index in [2.05, 4.69) is 9.97 Å². The van der Waals surface area contributed by atoms with Crippen LogP contribution in [0.2, 0.25) is 0 Å². The molecule has 0 aromatic carbocycles. The van der Waals surface area contributed by atoms with Gasteiger partial charge in [0, 0.05) is 11.8 Å². The molecule has 0 aliphatic carbocycles. The van der Waals surface area contributed by atoms with Crippen molar-refractivity contribution in [3.05, 3.63) is 17.6 Å². The molecule has 1 aromatic rings. The fourth-order valence-corrected chi connectivity index (χ4v) is 0.634. The second-order valence-corrected chi connectivity index (χ2v) is 5.07. The second-order valence-electron chi connectivity index (χ2n) is 3.01. The third-order valence-electron chi connectivity index (χ3n) is 1.19. The van der Waals surface area contributed by atoms with Gasteiger partial charge < -0.3 is 40.2 Å². The summed E-state index contributed by atoms with van der Waals surface area (Å²) in [6.45, 7) is 1.64. The Balaban J connectivity index is 0. The molecule has 0 bridgehead atoms. The molecule has 0 atom stereocenters. The lowest BCUT2D eigenvalue weighted by Crippen LogP contribution is -2.00. The summed E-state index contributed by atoms with van der Waals surface area (Å²) < 4.78 is 17.8. The van der Waals surface area contributed by atoms with E-state index in [1.807, 2.05) is 0 Å². The normalized spacial score (nSPS) is 10.8. The lowest BCUT2D eigenvalue weighted by Gasteiger charge is -1.99. The van der Waals surface area contributed by atoms with Crippen LogP contribution in [0.4, 0.5) is 5.82 Å². The summed E-state index contributed by atoms with van der Waals surface area (Å²) in [6, 6.07) is 0. The van der Waals surface area contributed by atoms with Crippen molar-refractivity contribution in [2.75, 3.05) is 5.73 Å². The number of aryl methyl sites for hydroxylation is 1. The smallest absolute Gasteiger partial charge is 0.391 e. The van der Waals surface area contributed by atoms with Gasteiger partial charge in [-0.05, 0) is 6.92 Å². The third kappa shape index (κ3) is 22.3. The van der Waals surface area contributed by atoms with Crippen molar-refractivity contribution in [3.63, 3.8) is 0 Å². The van der Waals surface area contributed by atoms with Crippen molar-refractivity contribution in [3.8, 4) is 0 Å². The number of hydrogen-bond acceptors (Lipinski definition) is 6. The first-order chi connectivity index (χ1) is 8.74. The van der Waals surface area contributed by atoms with E-state index in [9.17, 15) is 0 Å². The molecule has 1 aromatic heterocycles. The lowest BCUT2D eigenvalue weighted by atomic mass is 10.3. The molecule has 0 aliphatic rings. The summed E-state index contributed by atoms with van der Waals surface area (Å²) >= 11 is 0. The van der Waals surface area contributed by atoms with Gasteiger partial charge in [0.2, 0.25) is 0 Å². The summed E-state index contributed by atoms with van der Waals surface area (Å²) in [5, 5.41) is 8.65. The molecule has 0 saturated carbocycles. The van der Waals surface area contributed by atoms with Gasteiger partial charge in [0.05, 0.1) is 6.61 Å². The number of anilines is 1. The van der Waals surface area contributed by atoms with E-state index in [-0.39, 0.29) is 6.61 Å². The van der Waals surface area contributed by atoms with Crippen molar-refractivity contribution in [2.24, 2.45) is 0 Å². The first-order valence-corrected chi connectivity index (χ1v) is 7.62. The molecule has 0 aliphatic heterocycles. The summed E-state index contributed by atoms with van der Waals surface area (Å²) in [4.78, 5) is 50.8. The zero-order valence-electron chi connectivity index (χ0n) is 10.1. The van der Waals surface area contributed by atoms with Crippen molar-refractivity contribution in [1.29, 1.82) is 0 Å². The molecule has 0 saturated heterocycles. The van der Waals surface area contributed by atoms with E-state index in [0.717, 1.165) is 0 Å². The van der Waals surface area contributed by atoms with Crippen LogP contribution >= 0.6 is 15.6 Å². The van der Waals surface area contributed by atoms with Crippen LogP contribution in [0.1, 0.15) is 11.4 Å². The molecular weight excluding hydrogens is 320 g/mol. The Morgan fingerprint density at radius 3 is 1.70 bits per heavy atom. The number of nitrogens with two attached hydrogens (primary N) is 1. The van der Waals surface area contributed by atoms with Crippen molar-refractivity contribution in [2.45, 2.75) is 13.5 Å². The SMILES string of the molecule is Cc1ncc(CO)c(N)n1.O=P(O)(O)O.O=P(O)(O)O. The van der Waals surface area contributed by atoms with E-state index in [0.29, 0.717) is 17.2 Å². The fourth-order valence-electron chi connectivity index (χ4n) is 0.634. The molecule has 1 heterocycles. The molecular formula is C6H15N3O9P2. The molecule has 20 heavy (non-hydrogen) atoms. The molecule has 0 amide bonds. The topological polar surface area (TPSA) is 228 Å². The van der Waals surface area contributed by atoms with Gasteiger partial charge in [0.1, 0.15) is 11.6 Å². The molecule has 0 unspecified atom stereocenters. The Bertz CT molecular complexity index is 462. The minimum atomic E-state index is -4.64. The first kappa shape index (κ1) is 21.4. The number of aliphatic hydroxyl groups excluding tert-OH is 1. The molecule has 1 rings (SSSR count). The number of rotatable bonds is 1. The molecule has 0 spiro atoms. The minimum Gasteiger partial charge on any atom is -0.391 e. The van der Waals surface area contributed by atoms with Crippen LogP contribution in [0.5, 0.6) is 0 Å². The second kappa shape index (κ2) is 9.08. The van der Waals surface area contributed by atoms with E-state index < -0.39 is 15.6 Å². The van der Waals surface area contributed by atoms with Gasteiger partial charge in [0.25, 0.3) is 0 Å².